The van der Waals surface area contributed by atoms with Crippen molar-refractivity contribution in [3.63, 3.8) is 0 Å². The molecular formula is C51H67N7O4. The number of allylic oxidation sites excluding steroid dienone is 12. The number of nitrogens with zero attached hydrogens (tertiary/aromatic N) is 4. The number of fused-ring (bicyclic) bond motifs is 5. The molecule has 7 aliphatic rings. The SMILES string of the molecule is COC(=O)NC(C(=O)N1CCCC1c1ncc(C2=CC=C(C3=C4C(=C(C5=CC=C(c6cnc(CC7CCCN7C(=O)C(C)C(C)C)[nH]6)CC5)CC3)C3CCC4C3)CC2)[nH]1)C(C)C. The van der Waals surface area contributed by atoms with Crippen LogP contribution < -0.4 is 5.32 Å². The van der Waals surface area contributed by atoms with Crippen LogP contribution in [0.3, 0.4) is 0 Å². The molecule has 2 saturated heterocycles. The fourth-order valence-corrected chi connectivity index (χ4v) is 11.8. The number of amides is 3. The largest absolute Gasteiger partial charge is 0.453 e. The normalized spacial score (nSPS) is 25.9. The fourth-order valence-electron chi connectivity index (χ4n) is 11.8. The molecule has 2 saturated carbocycles. The van der Waals surface area contributed by atoms with Crippen molar-refractivity contribution in [3.05, 3.63) is 93.2 Å². The van der Waals surface area contributed by atoms with E-state index in [1.807, 2.05) is 31.1 Å². The second kappa shape index (κ2) is 17.7. The second-order valence-corrected chi connectivity index (χ2v) is 19.8. The Kier molecular flexibility index (Phi) is 12.1. The van der Waals surface area contributed by atoms with Gasteiger partial charge in [-0.05, 0) is 152 Å². The molecule has 6 unspecified atom stereocenters. The number of hydrogen-bond acceptors (Lipinski definition) is 6. The van der Waals surface area contributed by atoms with Gasteiger partial charge in [-0.25, -0.2) is 14.8 Å². The molecule has 11 heteroatoms. The minimum Gasteiger partial charge on any atom is -0.453 e. The minimum atomic E-state index is -0.651. The summed E-state index contributed by atoms with van der Waals surface area (Å²) in [6.45, 7) is 11.7. The van der Waals surface area contributed by atoms with Gasteiger partial charge in [0, 0.05) is 31.5 Å². The third-order valence-corrected chi connectivity index (χ3v) is 15.5. The smallest absolute Gasteiger partial charge is 0.407 e. The lowest BCUT2D eigenvalue weighted by Crippen LogP contribution is -2.51. The van der Waals surface area contributed by atoms with Crippen LogP contribution in [0.1, 0.15) is 147 Å². The van der Waals surface area contributed by atoms with E-state index in [1.54, 1.807) is 22.3 Å². The Bertz CT molecular complexity index is 2280. The first kappa shape index (κ1) is 42.4. The number of likely N-dealkylation sites (tertiary alicyclic amines) is 2. The Balaban J connectivity index is 0.892. The maximum absolute atomic E-state index is 13.7. The molecule has 330 valence electrons. The second-order valence-electron chi connectivity index (χ2n) is 19.8. The number of nitrogens with one attached hydrogen (secondary N) is 3. The Morgan fingerprint density at radius 3 is 1.89 bits per heavy atom. The van der Waals surface area contributed by atoms with E-state index in [-0.39, 0.29) is 29.8 Å². The molecule has 2 aromatic heterocycles. The quantitative estimate of drug-likeness (QED) is 0.195. The van der Waals surface area contributed by atoms with Gasteiger partial charge < -0.3 is 29.8 Å². The van der Waals surface area contributed by atoms with Crippen LogP contribution in [-0.2, 0) is 20.7 Å². The van der Waals surface area contributed by atoms with Crippen LogP contribution in [0.2, 0.25) is 0 Å². The van der Waals surface area contributed by atoms with Crippen LogP contribution in [-0.4, -0.2) is 79.9 Å². The number of imidazole rings is 2. The summed E-state index contributed by atoms with van der Waals surface area (Å²) in [6.07, 6.45) is 27.7. The van der Waals surface area contributed by atoms with Crippen LogP contribution in [0, 0.1) is 29.6 Å². The monoisotopic (exact) mass is 842 g/mol. The van der Waals surface area contributed by atoms with Crippen LogP contribution in [0.15, 0.2) is 70.1 Å². The van der Waals surface area contributed by atoms with E-state index in [0.717, 1.165) is 100 Å². The van der Waals surface area contributed by atoms with E-state index >= 15 is 0 Å². The molecular weight excluding hydrogens is 775 g/mol. The minimum absolute atomic E-state index is 0.0486. The number of carbonyl (C=O) groups is 3. The van der Waals surface area contributed by atoms with Crippen molar-refractivity contribution in [1.29, 1.82) is 0 Å². The summed E-state index contributed by atoms with van der Waals surface area (Å²) in [5.74, 6) is 3.71. The standard InChI is InChI=1S/C51H67N7O4/c1-29(2)31(5)49(59)57-23-7-9-38(57)26-44-52-27-41(54-44)34-15-11-32(12-16-34)39-21-22-40(46-37-20-19-36(25-37)45(39)46)33-13-17-35(18-14-33)42-28-53-48(55-42)43-10-8-24-58(43)50(60)47(30(3)4)56-51(61)62-6/h11,13,15,17,27-31,36-38,43,47H,7-10,12,14,16,18-26H2,1-6H3,(H,52,54)(H,53,55)(H,56,61). The number of carbonyl (C=O) groups excluding carboxylic acids is 3. The lowest BCUT2D eigenvalue weighted by molar-refractivity contribution is -0.137. The van der Waals surface area contributed by atoms with E-state index in [2.05, 4.69) is 65.3 Å². The number of aromatic nitrogens is 4. The summed E-state index contributed by atoms with van der Waals surface area (Å²) in [5, 5.41) is 2.75. The average molecular weight is 842 g/mol. The van der Waals surface area contributed by atoms with Gasteiger partial charge in [0.25, 0.3) is 0 Å². The molecule has 4 fully saturated rings. The summed E-state index contributed by atoms with van der Waals surface area (Å²) in [6, 6.07) is -0.567. The van der Waals surface area contributed by atoms with E-state index in [1.165, 1.54) is 48.7 Å². The molecule has 6 atom stereocenters. The zero-order valence-corrected chi connectivity index (χ0v) is 37.8. The van der Waals surface area contributed by atoms with E-state index in [0.29, 0.717) is 30.2 Å². The molecule has 11 nitrogen and oxygen atoms in total. The Morgan fingerprint density at radius 2 is 1.29 bits per heavy atom. The number of H-pyrrole nitrogens is 2. The molecule has 62 heavy (non-hydrogen) atoms. The topological polar surface area (TPSA) is 136 Å². The molecule has 0 aromatic carbocycles. The van der Waals surface area contributed by atoms with Crippen molar-refractivity contribution in [3.8, 4) is 0 Å². The van der Waals surface area contributed by atoms with E-state index < -0.39 is 12.1 Å². The van der Waals surface area contributed by atoms with Gasteiger partial charge in [-0.1, -0.05) is 58.9 Å². The third kappa shape index (κ3) is 8.09. The molecule has 3 amide bonds. The number of hydrogen-bond donors (Lipinski definition) is 3. The molecule has 5 aliphatic carbocycles. The van der Waals surface area contributed by atoms with Crippen molar-refractivity contribution >= 4 is 29.1 Å². The lowest BCUT2D eigenvalue weighted by Gasteiger charge is -2.33. The molecule has 2 bridgehead atoms. The van der Waals surface area contributed by atoms with Gasteiger partial charge in [0.2, 0.25) is 11.8 Å². The summed E-state index contributed by atoms with van der Waals surface area (Å²) in [7, 11) is 1.32. The Morgan fingerprint density at radius 1 is 0.710 bits per heavy atom. The number of alkyl carbamates (subject to hydrolysis) is 1. The highest BCUT2D eigenvalue weighted by Crippen LogP contribution is 2.59. The predicted molar refractivity (Wildman–Crippen MR) is 242 cm³/mol. The Labute approximate surface area is 367 Å². The first-order chi connectivity index (χ1) is 30.0. The van der Waals surface area contributed by atoms with Gasteiger partial charge in [-0.3, -0.25) is 9.59 Å². The van der Waals surface area contributed by atoms with Crippen molar-refractivity contribution < 1.29 is 19.1 Å². The van der Waals surface area contributed by atoms with Gasteiger partial charge in [0.1, 0.15) is 17.7 Å². The highest BCUT2D eigenvalue weighted by atomic mass is 16.5. The Hall–Kier alpha value is -4.93. The predicted octanol–water partition coefficient (Wildman–Crippen LogP) is 9.73. The van der Waals surface area contributed by atoms with Gasteiger partial charge >= 0.3 is 6.09 Å². The summed E-state index contributed by atoms with van der Waals surface area (Å²) in [5.41, 5.74) is 14.4. The lowest BCUT2D eigenvalue weighted by atomic mass is 9.72. The fraction of sp³-hybridized carbons (Fsp3) is 0.588. The number of rotatable bonds is 12. The molecule has 9 rings (SSSR count). The van der Waals surface area contributed by atoms with Crippen molar-refractivity contribution in [1.82, 2.24) is 35.1 Å². The summed E-state index contributed by atoms with van der Waals surface area (Å²) >= 11 is 0. The van der Waals surface area contributed by atoms with Crippen LogP contribution >= 0.6 is 0 Å². The van der Waals surface area contributed by atoms with Crippen LogP contribution in [0.4, 0.5) is 4.79 Å². The van der Waals surface area contributed by atoms with Crippen molar-refractivity contribution in [2.45, 2.75) is 143 Å². The molecule has 0 radical (unpaired) electrons. The molecule has 2 aliphatic heterocycles. The highest BCUT2D eigenvalue weighted by Gasteiger charge is 2.45. The molecule has 2 aromatic rings. The van der Waals surface area contributed by atoms with E-state index in [9.17, 15) is 14.4 Å². The van der Waals surface area contributed by atoms with Crippen molar-refractivity contribution in [2.24, 2.45) is 29.6 Å². The molecule has 4 heterocycles. The number of aromatic amines is 2. The summed E-state index contributed by atoms with van der Waals surface area (Å²) < 4.78 is 4.81. The van der Waals surface area contributed by atoms with E-state index in [4.69, 9.17) is 14.7 Å². The number of methoxy groups -OCH3 is 1. The van der Waals surface area contributed by atoms with Gasteiger partial charge in [0.15, 0.2) is 0 Å². The number of ether oxygens (including phenoxy) is 1. The maximum atomic E-state index is 13.7. The van der Waals surface area contributed by atoms with Gasteiger partial charge in [-0.2, -0.15) is 0 Å². The van der Waals surface area contributed by atoms with Crippen molar-refractivity contribution in [2.75, 3.05) is 20.2 Å². The van der Waals surface area contributed by atoms with Gasteiger partial charge in [-0.15, -0.1) is 0 Å². The molecule has 3 N–H and O–H groups in total. The maximum Gasteiger partial charge on any atom is 0.407 e. The summed E-state index contributed by atoms with van der Waals surface area (Å²) in [4.78, 5) is 59.8. The third-order valence-electron chi connectivity index (χ3n) is 15.5. The first-order valence-electron chi connectivity index (χ1n) is 23.8. The average Bonchev–Trinajstić information content (AvgIpc) is 4.16. The highest BCUT2D eigenvalue weighted by molar-refractivity contribution is 5.86. The van der Waals surface area contributed by atoms with Crippen LogP contribution in [0.25, 0.3) is 11.1 Å². The van der Waals surface area contributed by atoms with Gasteiger partial charge in [0.05, 0.1) is 36.9 Å². The zero-order chi connectivity index (χ0) is 43.2. The first-order valence-corrected chi connectivity index (χ1v) is 23.8. The molecule has 0 spiro atoms. The van der Waals surface area contributed by atoms with Crippen LogP contribution in [0.5, 0.6) is 0 Å². The zero-order valence-electron chi connectivity index (χ0n) is 37.8.